The molecule has 2 atom stereocenters. The fourth-order valence-electron chi connectivity index (χ4n) is 5.38. The molecule has 1 aliphatic carbocycles. The Bertz CT molecular complexity index is 852. The van der Waals surface area contributed by atoms with Gasteiger partial charge in [-0.2, -0.15) is 0 Å². The maximum absolute atomic E-state index is 12.7. The number of ether oxygens (including phenoxy) is 4. The van der Waals surface area contributed by atoms with Gasteiger partial charge in [-0.05, 0) is 53.9 Å². The first-order valence-corrected chi connectivity index (χ1v) is 10.5. The van der Waals surface area contributed by atoms with E-state index < -0.39 is 5.97 Å². The van der Waals surface area contributed by atoms with Gasteiger partial charge in [0, 0.05) is 18.7 Å². The standard InChI is InChI=1S/C24H33NO6/c1-23(2)11-17-12-24(3,14-23)15-25(17)20(26)13-31-21(27)8-7-16-9-18(28-4)22(30-6)19(10-16)29-5/h7-10,17H,11-15H2,1-6H3/b8-7+/t17-,24-/m1/s1. The monoisotopic (exact) mass is 431 g/mol. The van der Waals surface area contributed by atoms with Crippen LogP contribution < -0.4 is 14.2 Å². The summed E-state index contributed by atoms with van der Waals surface area (Å²) in [5.41, 5.74) is 1.06. The van der Waals surface area contributed by atoms with Gasteiger partial charge in [0.05, 0.1) is 21.3 Å². The smallest absolute Gasteiger partial charge is 0.331 e. The minimum Gasteiger partial charge on any atom is -0.493 e. The van der Waals surface area contributed by atoms with E-state index in [0.717, 1.165) is 25.8 Å². The normalized spacial score (nSPS) is 24.2. The van der Waals surface area contributed by atoms with E-state index >= 15 is 0 Å². The average molecular weight is 432 g/mol. The number of hydrogen-bond donors (Lipinski definition) is 0. The molecule has 1 aliphatic heterocycles. The number of amides is 1. The van der Waals surface area contributed by atoms with Crippen molar-refractivity contribution < 1.29 is 28.5 Å². The van der Waals surface area contributed by atoms with Crippen molar-refractivity contribution in [3.63, 3.8) is 0 Å². The van der Waals surface area contributed by atoms with E-state index in [2.05, 4.69) is 20.8 Å². The van der Waals surface area contributed by atoms with Crippen molar-refractivity contribution in [3.05, 3.63) is 23.8 Å². The SMILES string of the molecule is COc1cc(/C=C/C(=O)OCC(=O)N2C[C@]3(C)C[C@H]2CC(C)(C)C3)cc(OC)c1OC. The van der Waals surface area contributed by atoms with Crippen LogP contribution in [0.2, 0.25) is 0 Å². The van der Waals surface area contributed by atoms with Crippen LogP contribution in [-0.4, -0.2) is 57.3 Å². The molecule has 7 nitrogen and oxygen atoms in total. The number of rotatable bonds is 7. The van der Waals surface area contributed by atoms with Crippen LogP contribution in [0.15, 0.2) is 18.2 Å². The highest BCUT2D eigenvalue weighted by molar-refractivity contribution is 5.89. The summed E-state index contributed by atoms with van der Waals surface area (Å²) < 4.78 is 21.1. The van der Waals surface area contributed by atoms with Gasteiger partial charge in [0.1, 0.15) is 0 Å². The Morgan fingerprint density at radius 1 is 1.06 bits per heavy atom. The third kappa shape index (κ3) is 5.14. The van der Waals surface area contributed by atoms with E-state index in [1.807, 2.05) is 4.90 Å². The second-order valence-electron chi connectivity index (χ2n) is 9.64. The van der Waals surface area contributed by atoms with Crippen LogP contribution in [0.3, 0.4) is 0 Å². The molecule has 1 saturated heterocycles. The molecule has 2 fully saturated rings. The highest BCUT2D eigenvalue weighted by Gasteiger charge is 2.50. The highest BCUT2D eigenvalue weighted by atomic mass is 16.5. The average Bonchev–Trinajstić information content (AvgIpc) is 2.97. The lowest BCUT2D eigenvalue weighted by atomic mass is 9.65. The van der Waals surface area contributed by atoms with E-state index in [4.69, 9.17) is 18.9 Å². The van der Waals surface area contributed by atoms with Crippen molar-refractivity contribution in [3.8, 4) is 17.2 Å². The Balaban J connectivity index is 1.59. The van der Waals surface area contributed by atoms with Crippen LogP contribution in [0.5, 0.6) is 17.2 Å². The van der Waals surface area contributed by atoms with Crippen molar-refractivity contribution in [2.75, 3.05) is 34.5 Å². The molecule has 1 aromatic rings. The summed E-state index contributed by atoms with van der Waals surface area (Å²) in [7, 11) is 4.58. The first kappa shape index (κ1) is 23.0. The molecule has 1 amide bonds. The van der Waals surface area contributed by atoms with E-state index in [-0.39, 0.29) is 29.4 Å². The van der Waals surface area contributed by atoms with Crippen molar-refractivity contribution in [1.82, 2.24) is 4.90 Å². The van der Waals surface area contributed by atoms with Gasteiger partial charge in [-0.15, -0.1) is 0 Å². The molecule has 3 rings (SSSR count). The number of benzene rings is 1. The summed E-state index contributed by atoms with van der Waals surface area (Å²) in [6.45, 7) is 7.27. The topological polar surface area (TPSA) is 74.3 Å². The van der Waals surface area contributed by atoms with Gasteiger partial charge >= 0.3 is 5.97 Å². The number of carbonyl (C=O) groups is 2. The summed E-state index contributed by atoms with van der Waals surface area (Å²) in [4.78, 5) is 26.8. The van der Waals surface area contributed by atoms with Gasteiger partial charge in [0.25, 0.3) is 5.91 Å². The number of methoxy groups -OCH3 is 3. The van der Waals surface area contributed by atoms with Gasteiger partial charge in [-0.25, -0.2) is 4.79 Å². The Labute approximate surface area is 184 Å². The number of likely N-dealkylation sites (tertiary alicyclic amines) is 1. The molecule has 0 N–H and O–H groups in total. The van der Waals surface area contributed by atoms with Gasteiger partial charge < -0.3 is 23.8 Å². The molecule has 7 heteroatoms. The van der Waals surface area contributed by atoms with Crippen molar-refractivity contribution in [2.45, 2.75) is 46.1 Å². The maximum atomic E-state index is 12.7. The second-order valence-corrected chi connectivity index (χ2v) is 9.64. The molecule has 1 saturated carbocycles. The summed E-state index contributed by atoms with van der Waals surface area (Å²) in [5, 5.41) is 0. The maximum Gasteiger partial charge on any atom is 0.331 e. The molecule has 170 valence electrons. The molecule has 2 aliphatic rings. The first-order chi connectivity index (χ1) is 14.6. The fraction of sp³-hybridized carbons (Fsp3) is 0.583. The molecule has 31 heavy (non-hydrogen) atoms. The molecule has 1 aromatic carbocycles. The lowest BCUT2D eigenvalue weighted by Gasteiger charge is -2.39. The van der Waals surface area contributed by atoms with E-state index in [1.54, 1.807) is 18.2 Å². The Morgan fingerprint density at radius 3 is 2.29 bits per heavy atom. The first-order valence-electron chi connectivity index (χ1n) is 10.5. The van der Waals surface area contributed by atoms with E-state index in [0.29, 0.717) is 22.8 Å². The zero-order valence-electron chi connectivity index (χ0n) is 19.3. The van der Waals surface area contributed by atoms with Crippen molar-refractivity contribution in [1.29, 1.82) is 0 Å². The second kappa shape index (κ2) is 8.81. The van der Waals surface area contributed by atoms with Gasteiger partial charge in [-0.3, -0.25) is 4.79 Å². The van der Waals surface area contributed by atoms with Gasteiger partial charge in [-0.1, -0.05) is 20.8 Å². The zero-order valence-corrected chi connectivity index (χ0v) is 19.3. The van der Waals surface area contributed by atoms with Gasteiger partial charge in [0.15, 0.2) is 18.1 Å². The summed E-state index contributed by atoms with van der Waals surface area (Å²) in [6, 6.07) is 3.68. The van der Waals surface area contributed by atoms with Crippen LogP contribution in [0.4, 0.5) is 0 Å². The number of fused-ring (bicyclic) bond motifs is 2. The molecule has 1 heterocycles. The molecular weight excluding hydrogens is 398 g/mol. The number of esters is 1. The summed E-state index contributed by atoms with van der Waals surface area (Å²) in [6.07, 6.45) is 6.00. The Morgan fingerprint density at radius 2 is 1.71 bits per heavy atom. The van der Waals surface area contributed by atoms with Crippen molar-refractivity contribution in [2.24, 2.45) is 10.8 Å². The van der Waals surface area contributed by atoms with Crippen molar-refractivity contribution >= 4 is 18.0 Å². The Kier molecular flexibility index (Phi) is 6.53. The van der Waals surface area contributed by atoms with Gasteiger partial charge in [0.2, 0.25) is 5.75 Å². The van der Waals surface area contributed by atoms with Crippen LogP contribution in [-0.2, 0) is 14.3 Å². The number of nitrogens with zero attached hydrogens (tertiary/aromatic N) is 1. The van der Waals surface area contributed by atoms with Crippen LogP contribution in [0.1, 0.15) is 45.6 Å². The fourth-order valence-corrected chi connectivity index (χ4v) is 5.38. The zero-order chi connectivity index (χ0) is 22.8. The highest BCUT2D eigenvalue weighted by Crippen LogP contribution is 2.52. The third-order valence-corrected chi connectivity index (χ3v) is 6.17. The molecule has 0 unspecified atom stereocenters. The minimum absolute atomic E-state index is 0.124. The quantitative estimate of drug-likeness (QED) is 0.484. The lowest BCUT2D eigenvalue weighted by Crippen LogP contribution is -2.39. The summed E-state index contributed by atoms with van der Waals surface area (Å²) in [5.74, 6) is 0.753. The molecular formula is C24H33NO6. The predicted octanol–water partition coefficient (Wildman–Crippen LogP) is 3.70. The molecule has 0 spiro atoms. The Hall–Kier alpha value is -2.70. The predicted molar refractivity (Wildman–Crippen MR) is 117 cm³/mol. The molecule has 2 bridgehead atoms. The van der Waals surface area contributed by atoms with Crippen LogP contribution in [0.25, 0.3) is 6.08 Å². The number of carbonyl (C=O) groups excluding carboxylic acids is 2. The number of hydrogen-bond acceptors (Lipinski definition) is 6. The van der Waals surface area contributed by atoms with Crippen LogP contribution >= 0.6 is 0 Å². The van der Waals surface area contributed by atoms with E-state index in [1.165, 1.54) is 27.4 Å². The minimum atomic E-state index is -0.573. The molecule has 0 radical (unpaired) electrons. The van der Waals surface area contributed by atoms with Crippen LogP contribution in [0, 0.1) is 10.8 Å². The third-order valence-electron chi connectivity index (χ3n) is 6.17. The summed E-state index contributed by atoms with van der Waals surface area (Å²) >= 11 is 0. The largest absolute Gasteiger partial charge is 0.493 e. The lowest BCUT2D eigenvalue weighted by molar-refractivity contribution is -0.148. The van der Waals surface area contributed by atoms with E-state index in [9.17, 15) is 9.59 Å². The molecule has 0 aromatic heterocycles.